The van der Waals surface area contributed by atoms with Crippen LogP contribution >= 0.6 is 11.6 Å². The highest BCUT2D eigenvalue weighted by atomic mass is 35.5. The van der Waals surface area contributed by atoms with Crippen molar-refractivity contribution in [2.75, 3.05) is 13.6 Å². The van der Waals surface area contributed by atoms with Crippen molar-refractivity contribution < 1.29 is 27.6 Å². The van der Waals surface area contributed by atoms with Gasteiger partial charge in [0.25, 0.3) is 5.89 Å². The number of aliphatic carboxylic acids is 1. The van der Waals surface area contributed by atoms with E-state index in [1.165, 1.54) is 18.2 Å². The fourth-order valence-electron chi connectivity index (χ4n) is 3.43. The highest BCUT2D eigenvalue weighted by Gasteiger charge is 2.34. The van der Waals surface area contributed by atoms with E-state index in [-0.39, 0.29) is 28.6 Å². The molecule has 1 heterocycles. The summed E-state index contributed by atoms with van der Waals surface area (Å²) in [6, 6.07) is 11.6. The standard InChI is InChI=1S/C25H21ClF3N3O3/c1-4-18(20(5-2)25(27,28)29)19-11-10-17(12-21(19)26)24-30-23(31-35-24)16-8-6-15(7-9-16)13-32(3)14-22(33)34/h4-12H,1-2,13-14H2,3H3,(H,33,34)/b20-18-. The van der Waals surface area contributed by atoms with Crippen LogP contribution in [0.4, 0.5) is 13.2 Å². The molecule has 0 radical (unpaired) electrons. The summed E-state index contributed by atoms with van der Waals surface area (Å²) in [5.74, 6) is -0.458. The molecule has 182 valence electrons. The second-order valence-electron chi connectivity index (χ2n) is 7.61. The number of allylic oxidation sites excluding steroid dienone is 4. The predicted octanol–water partition coefficient (Wildman–Crippen LogP) is 6.26. The van der Waals surface area contributed by atoms with Crippen LogP contribution in [0.25, 0.3) is 28.4 Å². The molecule has 0 bridgehead atoms. The number of alkyl halides is 3. The van der Waals surface area contributed by atoms with Gasteiger partial charge in [-0.25, -0.2) is 0 Å². The van der Waals surface area contributed by atoms with Gasteiger partial charge in [0.2, 0.25) is 5.82 Å². The highest BCUT2D eigenvalue weighted by molar-refractivity contribution is 6.32. The Bertz CT molecular complexity index is 1280. The molecule has 0 unspecified atom stereocenters. The van der Waals surface area contributed by atoms with Crippen molar-refractivity contribution in [2.45, 2.75) is 12.7 Å². The van der Waals surface area contributed by atoms with Gasteiger partial charge in [-0.15, -0.1) is 0 Å². The summed E-state index contributed by atoms with van der Waals surface area (Å²) in [7, 11) is 1.71. The fraction of sp³-hybridized carbons (Fsp3) is 0.160. The number of aromatic nitrogens is 2. The van der Waals surface area contributed by atoms with Crippen molar-refractivity contribution in [1.29, 1.82) is 0 Å². The quantitative estimate of drug-likeness (QED) is 0.347. The second kappa shape index (κ2) is 10.7. The van der Waals surface area contributed by atoms with E-state index in [1.54, 1.807) is 24.1 Å². The first-order valence-electron chi connectivity index (χ1n) is 10.2. The van der Waals surface area contributed by atoms with Crippen LogP contribution < -0.4 is 0 Å². The van der Waals surface area contributed by atoms with Crippen molar-refractivity contribution in [2.24, 2.45) is 0 Å². The number of hydrogen-bond donors (Lipinski definition) is 1. The van der Waals surface area contributed by atoms with E-state index >= 15 is 0 Å². The summed E-state index contributed by atoms with van der Waals surface area (Å²) >= 11 is 6.30. The molecule has 3 rings (SSSR count). The van der Waals surface area contributed by atoms with Crippen molar-refractivity contribution in [3.63, 3.8) is 0 Å². The van der Waals surface area contributed by atoms with Crippen molar-refractivity contribution >= 4 is 23.1 Å². The number of hydrogen-bond acceptors (Lipinski definition) is 5. The lowest BCUT2D eigenvalue weighted by molar-refractivity contribution is -0.138. The van der Waals surface area contributed by atoms with Crippen LogP contribution in [0.15, 0.2) is 77.9 Å². The first-order chi connectivity index (χ1) is 16.5. The van der Waals surface area contributed by atoms with Crippen LogP contribution in [0.1, 0.15) is 11.1 Å². The molecule has 6 nitrogen and oxygen atoms in total. The maximum absolute atomic E-state index is 13.3. The summed E-state index contributed by atoms with van der Waals surface area (Å²) < 4.78 is 45.3. The third kappa shape index (κ3) is 6.26. The number of carbonyl (C=O) groups is 1. The van der Waals surface area contributed by atoms with Gasteiger partial charge in [-0.3, -0.25) is 9.69 Å². The highest BCUT2D eigenvalue weighted by Crippen LogP contribution is 2.37. The zero-order chi connectivity index (χ0) is 25.8. The van der Waals surface area contributed by atoms with Crippen LogP contribution in [0.3, 0.4) is 0 Å². The van der Waals surface area contributed by atoms with Gasteiger partial charge < -0.3 is 9.63 Å². The van der Waals surface area contributed by atoms with Gasteiger partial charge in [-0.05, 0) is 30.3 Å². The Morgan fingerprint density at radius 2 is 1.80 bits per heavy atom. The van der Waals surface area contributed by atoms with E-state index in [9.17, 15) is 18.0 Å². The van der Waals surface area contributed by atoms with Crippen LogP contribution in [-0.2, 0) is 11.3 Å². The average Bonchev–Trinajstić information content (AvgIpc) is 3.27. The van der Waals surface area contributed by atoms with E-state index in [4.69, 9.17) is 21.2 Å². The molecule has 0 aliphatic heterocycles. The molecule has 0 saturated heterocycles. The average molecular weight is 504 g/mol. The molecule has 0 atom stereocenters. The molecular weight excluding hydrogens is 483 g/mol. The van der Waals surface area contributed by atoms with Gasteiger partial charge in [-0.1, -0.05) is 72.4 Å². The number of likely N-dealkylation sites (N-methyl/N-ethyl adjacent to an activating group) is 1. The summed E-state index contributed by atoms with van der Waals surface area (Å²) in [6.07, 6.45) is -2.81. The van der Waals surface area contributed by atoms with Crippen molar-refractivity contribution in [3.8, 4) is 22.8 Å². The number of carboxylic acid groups (broad SMARTS) is 1. The van der Waals surface area contributed by atoms with E-state index in [2.05, 4.69) is 23.3 Å². The van der Waals surface area contributed by atoms with E-state index in [1.807, 2.05) is 12.1 Å². The minimum atomic E-state index is -4.62. The van der Waals surface area contributed by atoms with Crippen LogP contribution in [0, 0.1) is 0 Å². The number of nitrogens with zero attached hydrogens (tertiary/aromatic N) is 3. The Labute approximate surface area is 204 Å². The smallest absolute Gasteiger partial charge is 0.416 e. The Balaban J connectivity index is 1.84. The molecule has 0 fully saturated rings. The largest absolute Gasteiger partial charge is 0.480 e. The summed E-state index contributed by atoms with van der Waals surface area (Å²) in [6.45, 7) is 7.11. The van der Waals surface area contributed by atoms with E-state index in [0.717, 1.165) is 17.7 Å². The molecule has 1 N–H and O–H groups in total. The van der Waals surface area contributed by atoms with E-state index in [0.29, 0.717) is 23.5 Å². The van der Waals surface area contributed by atoms with Crippen molar-refractivity contribution in [3.05, 3.63) is 89.5 Å². The Morgan fingerprint density at radius 1 is 1.14 bits per heavy atom. The van der Waals surface area contributed by atoms with Gasteiger partial charge in [-0.2, -0.15) is 18.2 Å². The monoisotopic (exact) mass is 503 g/mol. The zero-order valence-electron chi connectivity index (χ0n) is 18.6. The number of carboxylic acids is 1. The minimum Gasteiger partial charge on any atom is -0.480 e. The van der Waals surface area contributed by atoms with Crippen LogP contribution in [-0.4, -0.2) is 45.9 Å². The second-order valence-corrected chi connectivity index (χ2v) is 8.02. The summed E-state index contributed by atoms with van der Waals surface area (Å²) in [4.78, 5) is 16.8. The molecular formula is C25H21ClF3N3O3. The van der Waals surface area contributed by atoms with E-state index < -0.39 is 17.7 Å². The van der Waals surface area contributed by atoms with Gasteiger partial charge in [0.05, 0.1) is 12.1 Å². The number of rotatable bonds is 9. The third-order valence-corrected chi connectivity index (χ3v) is 5.32. The third-order valence-electron chi connectivity index (χ3n) is 5.01. The maximum atomic E-state index is 13.3. The topological polar surface area (TPSA) is 79.5 Å². The molecule has 2 aromatic carbocycles. The predicted molar refractivity (Wildman–Crippen MR) is 128 cm³/mol. The summed E-state index contributed by atoms with van der Waals surface area (Å²) in [5.41, 5.74) is 1.02. The lowest BCUT2D eigenvalue weighted by Gasteiger charge is -2.14. The Kier molecular flexibility index (Phi) is 7.93. The zero-order valence-corrected chi connectivity index (χ0v) is 19.4. The maximum Gasteiger partial charge on any atom is 0.416 e. The lowest BCUT2D eigenvalue weighted by atomic mass is 9.98. The number of benzene rings is 2. The molecule has 35 heavy (non-hydrogen) atoms. The summed E-state index contributed by atoms with van der Waals surface area (Å²) in [5, 5.41) is 12.9. The Hall–Kier alpha value is -3.69. The molecule has 0 aliphatic rings. The SMILES string of the molecule is C=C/C(=C(\C=C)C(F)(F)F)c1ccc(-c2nc(-c3ccc(CN(C)CC(=O)O)cc3)no2)cc1Cl. The number of halogens is 4. The van der Waals surface area contributed by atoms with Gasteiger partial charge in [0.15, 0.2) is 0 Å². The molecule has 0 aliphatic carbocycles. The fourth-order valence-corrected chi connectivity index (χ4v) is 3.71. The first kappa shape index (κ1) is 25.9. The molecule has 3 aromatic rings. The van der Waals surface area contributed by atoms with Crippen molar-refractivity contribution in [1.82, 2.24) is 15.0 Å². The van der Waals surface area contributed by atoms with Gasteiger partial charge in [0.1, 0.15) is 0 Å². The van der Waals surface area contributed by atoms with Crippen LogP contribution in [0.5, 0.6) is 0 Å². The lowest BCUT2D eigenvalue weighted by Crippen LogP contribution is -2.25. The Morgan fingerprint density at radius 3 is 2.34 bits per heavy atom. The molecule has 0 saturated carbocycles. The molecule has 1 aromatic heterocycles. The first-order valence-corrected chi connectivity index (χ1v) is 10.6. The van der Waals surface area contributed by atoms with Crippen LogP contribution in [0.2, 0.25) is 5.02 Å². The normalized spacial score (nSPS) is 12.4. The molecule has 10 heteroatoms. The molecule has 0 spiro atoms. The minimum absolute atomic E-state index is 0.0515. The van der Waals surface area contributed by atoms with Gasteiger partial charge >= 0.3 is 12.1 Å². The van der Waals surface area contributed by atoms with Gasteiger partial charge in [0, 0.05) is 28.3 Å². The molecule has 0 amide bonds.